The highest BCUT2D eigenvalue weighted by molar-refractivity contribution is 8.00. The van der Waals surface area contributed by atoms with Gasteiger partial charge in [-0.15, -0.1) is 11.8 Å². The molecule has 0 spiro atoms. The highest BCUT2D eigenvalue weighted by Crippen LogP contribution is 2.52. The maximum absolute atomic E-state index is 6.84. The lowest BCUT2D eigenvalue weighted by molar-refractivity contribution is 0.668. The Bertz CT molecular complexity index is 4300. The first kappa shape index (κ1) is 36.1. The molecule has 1 aliphatic carbocycles. The molecule has 0 saturated heterocycles. The molecule has 0 amide bonds. The number of hydrogen-bond donors (Lipinski definition) is 0. The normalized spacial score (nSPS) is 15.7. The van der Waals surface area contributed by atoms with Crippen molar-refractivity contribution >= 4 is 99.0 Å². The van der Waals surface area contributed by atoms with Crippen molar-refractivity contribution in [1.29, 1.82) is 0 Å². The number of allylic oxidation sites excluding steroid dienone is 3. The summed E-state index contributed by atoms with van der Waals surface area (Å²) < 4.78 is 15.9. The van der Waals surface area contributed by atoms with E-state index in [1.165, 1.54) is 42.8 Å². The van der Waals surface area contributed by atoms with Gasteiger partial charge < -0.3 is 13.4 Å². The molecule has 13 aromatic rings. The van der Waals surface area contributed by atoms with Gasteiger partial charge >= 0.3 is 0 Å². The highest BCUT2D eigenvalue weighted by Gasteiger charge is 2.34. The fourth-order valence-corrected chi connectivity index (χ4v) is 12.2. The van der Waals surface area contributed by atoms with Gasteiger partial charge in [0.15, 0.2) is 17.5 Å². The number of fused-ring (bicyclic) bond motifs is 15. The van der Waals surface area contributed by atoms with Crippen LogP contribution in [0.2, 0.25) is 0 Å². The number of nitrogens with zero attached hydrogens (tertiary/aromatic N) is 4. The summed E-state index contributed by atoms with van der Waals surface area (Å²) in [6.45, 7) is 0. The Kier molecular flexibility index (Phi) is 7.46. The number of benzene rings is 9. The van der Waals surface area contributed by atoms with Gasteiger partial charge in [-0.1, -0.05) is 146 Å². The lowest BCUT2D eigenvalue weighted by Crippen LogP contribution is -2.06. The highest BCUT2D eigenvalue weighted by atomic mass is 32.2. The van der Waals surface area contributed by atoms with E-state index in [0.717, 1.165) is 77.3 Å². The van der Waals surface area contributed by atoms with Gasteiger partial charge in [0.1, 0.15) is 22.3 Å². The zero-order chi connectivity index (χ0) is 43.0. The van der Waals surface area contributed by atoms with Crippen LogP contribution in [-0.4, -0.2) is 24.8 Å². The Balaban J connectivity index is 1.05. The van der Waals surface area contributed by atoms with E-state index in [0.29, 0.717) is 22.7 Å². The molecule has 0 N–H and O–H groups in total. The molecular formula is C59H34N4O2S. The van der Waals surface area contributed by atoms with Crippen molar-refractivity contribution in [3.8, 4) is 39.9 Å². The first-order valence-electron chi connectivity index (χ1n) is 22.3. The molecule has 2 aliphatic rings. The Morgan fingerprint density at radius 1 is 0.439 bits per heavy atom. The number of para-hydroxylation sites is 3. The van der Waals surface area contributed by atoms with Crippen LogP contribution in [0.1, 0.15) is 11.5 Å². The van der Waals surface area contributed by atoms with Crippen LogP contribution in [0.3, 0.4) is 0 Å². The predicted octanol–water partition coefficient (Wildman–Crippen LogP) is 15.8. The third kappa shape index (κ3) is 5.17. The maximum Gasteiger partial charge on any atom is 0.167 e. The first-order chi connectivity index (χ1) is 32.7. The molecule has 5 heterocycles. The summed E-state index contributed by atoms with van der Waals surface area (Å²) in [4.78, 5) is 17.6. The Hall–Kier alpha value is -8.26. The molecule has 6 nitrogen and oxygen atoms in total. The standard InChI is InChI=1S/C59H34N4O2S/c1-2-15-35-30-48-45(29-34(35)14-1)53-37-16-4-3-13-33(37)27-28-47(53)63(48)36-31-46(54-42-19-6-9-25-50(42)64-51(54)32-36)59-61-57(43-22-11-20-40-38-17-5-8-24-49(38)65-55(40)43)60-58(62-59)44-23-12-21-41-39-18-7-10-26-52(39)66-56(41)44/h1-32,39,52H. The molecule has 0 radical (unpaired) electrons. The van der Waals surface area contributed by atoms with Crippen molar-refractivity contribution in [2.45, 2.75) is 16.1 Å². The van der Waals surface area contributed by atoms with Crippen LogP contribution in [0.4, 0.5) is 0 Å². The molecule has 0 saturated carbocycles. The molecule has 2 atom stereocenters. The van der Waals surface area contributed by atoms with Gasteiger partial charge in [0.2, 0.25) is 0 Å². The largest absolute Gasteiger partial charge is 0.456 e. The minimum Gasteiger partial charge on any atom is -0.456 e. The fraction of sp³-hybridized carbons (Fsp3) is 0.0339. The second-order valence-electron chi connectivity index (χ2n) is 17.4. The second-order valence-corrected chi connectivity index (χ2v) is 18.6. The van der Waals surface area contributed by atoms with Crippen LogP contribution in [-0.2, 0) is 0 Å². The van der Waals surface area contributed by atoms with E-state index in [1.807, 2.05) is 42.1 Å². The summed E-state index contributed by atoms with van der Waals surface area (Å²) in [7, 11) is 0. The summed E-state index contributed by atoms with van der Waals surface area (Å²) in [6.07, 6.45) is 8.93. The van der Waals surface area contributed by atoms with Crippen LogP contribution in [0.15, 0.2) is 208 Å². The third-order valence-electron chi connectivity index (χ3n) is 13.7. The van der Waals surface area contributed by atoms with Gasteiger partial charge in [-0.25, -0.2) is 15.0 Å². The summed E-state index contributed by atoms with van der Waals surface area (Å²) in [5.41, 5.74) is 10.2. The van der Waals surface area contributed by atoms with E-state index >= 15 is 0 Å². The minimum atomic E-state index is 0.286. The lowest BCUT2D eigenvalue weighted by Gasteiger charge is -2.14. The van der Waals surface area contributed by atoms with Gasteiger partial charge in [0.25, 0.3) is 0 Å². The summed E-state index contributed by atoms with van der Waals surface area (Å²) in [5, 5.41) is 11.5. The Morgan fingerprint density at radius 2 is 1.11 bits per heavy atom. The topological polar surface area (TPSA) is 69.9 Å². The zero-order valence-electron chi connectivity index (χ0n) is 35.1. The van der Waals surface area contributed by atoms with Crippen LogP contribution in [0, 0.1) is 0 Å². The van der Waals surface area contributed by atoms with Crippen molar-refractivity contribution in [2.24, 2.45) is 0 Å². The number of thioether (sulfide) groups is 1. The zero-order valence-corrected chi connectivity index (χ0v) is 36.0. The summed E-state index contributed by atoms with van der Waals surface area (Å²) in [6, 6.07) is 60.1. The maximum atomic E-state index is 6.84. The van der Waals surface area contributed by atoms with Crippen molar-refractivity contribution in [3.63, 3.8) is 0 Å². The fourth-order valence-electron chi connectivity index (χ4n) is 10.8. The lowest BCUT2D eigenvalue weighted by atomic mass is 9.91. The number of rotatable bonds is 4. The van der Waals surface area contributed by atoms with Crippen LogP contribution in [0.5, 0.6) is 0 Å². The van der Waals surface area contributed by atoms with Gasteiger partial charge in [0.05, 0.1) is 22.3 Å². The van der Waals surface area contributed by atoms with E-state index in [9.17, 15) is 0 Å². The molecular weight excluding hydrogens is 829 g/mol. The van der Waals surface area contributed by atoms with Crippen LogP contribution in [0.25, 0.3) is 127 Å². The van der Waals surface area contributed by atoms with E-state index in [-0.39, 0.29) is 5.92 Å². The van der Waals surface area contributed by atoms with Gasteiger partial charge in [-0.3, -0.25) is 0 Å². The molecule has 308 valence electrons. The summed E-state index contributed by atoms with van der Waals surface area (Å²) >= 11 is 1.89. The second kappa shape index (κ2) is 13.6. The average molecular weight is 863 g/mol. The molecule has 66 heavy (non-hydrogen) atoms. The predicted molar refractivity (Wildman–Crippen MR) is 271 cm³/mol. The van der Waals surface area contributed by atoms with E-state index in [1.54, 1.807) is 0 Å². The minimum absolute atomic E-state index is 0.286. The van der Waals surface area contributed by atoms with Crippen molar-refractivity contribution in [1.82, 2.24) is 19.5 Å². The molecule has 1 aliphatic heterocycles. The quantitative estimate of drug-likeness (QED) is 0.176. The van der Waals surface area contributed by atoms with E-state index < -0.39 is 0 Å². The monoisotopic (exact) mass is 862 g/mol. The van der Waals surface area contributed by atoms with Crippen molar-refractivity contribution in [2.75, 3.05) is 0 Å². The molecule has 9 aromatic carbocycles. The third-order valence-corrected chi connectivity index (χ3v) is 15.2. The number of hydrogen-bond acceptors (Lipinski definition) is 6. The van der Waals surface area contributed by atoms with Crippen LogP contribution < -0.4 is 0 Å². The molecule has 4 aromatic heterocycles. The van der Waals surface area contributed by atoms with Crippen LogP contribution >= 0.6 is 11.8 Å². The van der Waals surface area contributed by atoms with Gasteiger partial charge in [-0.05, 0) is 69.6 Å². The van der Waals surface area contributed by atoms with Crippen molar-refractivity contribution in [3.05, 3.63) is 200 Å². The van der Waals surface area contributed by atoms with E-state index in [4.69, 9.17) is 23.8 Å². The molecule has 15 rings (SSSR count). The average Bonchev–Trinajstić information content (AvgIpc) is 4.14. The molecule has 0 fully saturated rings. The number of aromatic nitrogens is 4. The van der Waals surface area contributed by atoms with Gasteiger partial charge in [0, 0.05) is 65.6 Å². The smallest absolute Gasteiger partial charge is 0.167 e. The van der Waals surface area contributed by atoms with Gasteiger partial charge in [-0.2, -0.15) is 0 Å². The Morgan fingerprint density at radius 3 is 1.97 bits per heavy atom. The number of furan rings is 2. The Labute approximate surface area is 381 Å². The summed E-state index contributed by atoms with van der Waals surface area (Å²) in [5.74, 6) is 1.99. The van der Waals surface area contributed by atoms with E-state index in [2.05, 4.69) is 168 Å². The first-order valence-corrected chi connectivity index (χ1v) is 23.2. The molecule has 2 unspecified atom stereocenters. The molecule has 0 bridgehead atoms. The molecule has 7 heteroatoms. The SMILES string of the molecule is C1=CC2Sc3c(-c4nc(-c5cccc6c5oc5ccccc56)nc(-c5cc(-n6c7cc8ccccc8cc7c7c8ccccc8ccc76)cc6oc7ccccc7c56)n4)cccc3C2C=C1. The van der Waals surface area contributed by atoms with Crippen molar-refractivity contribution < 1.29 is 8.83 Å².